The Balaban J connectivity index is 1.78. The molecule has 0 unspecified atom stereocenters. The summed E-state index contributed by atoms with van der Waals surface area (Å²) in [5.41, 5.74) is 6.61. The van der Waals surface area contributed by atoms with Crippen LogP contribution in [0.5, 0.6) is 0 Å². The van der Waals surface area contributed by atoms with Gasteiger partial charge in [-0.15, -0.1) is 0 Å². The highest BCUT2D eigenvalue weighted by Crippen LogP contribution is 2.43. The molecule has 1 aliphatic rings. The number of thiophene rings is 1. The summed E-state index contributed by atoms with van der Waals surface area (Å²) in [7, 11) is 0. The Morgan fingerprint density at radius 3 is 2.18 bits per heavy atom. The second-order valence-corrected chi connectivity index (χ2v) is 8.26. The van der Waals surface area contributed by atoms with Gasteiger partial charge in [-0.2, -0.15) is 11.3 Å². The van der Waals surface area contributed by atoms with Gasteiger partial charge in [0.1, 0.15) is 0 Å². The maximum absolute atomic E-state index is 11.5. The summed E-state index contributed by atoms with van der Waals surface area (Å²) in [6.45, 7) is 5.01. The van der Waals surface area contributed by atoms with Crippen LogP contribution in [-0.4, -0.2) is 21.2 Å². The van der Waals surface area contributed by atoms with Crippen molar-refractivity contribution < 1.29 is 4.79 Å². The first-order valence-electron chi connectivity index (χ1n) is 9.78. The lowest BCUT2D eigenvalue weighted by Crippen LogP contribution is -2.37. The smallest absolute Gasteiger partial charge is 0.151 e. The molecule has 4 heterocycles. The molecule has 0 saturated carbocycles. The van der Waals surface area contributed by atoms with Crippen LogP contribution in [0.2, 0.25) is 0 Å². The van der Waals surface area contributed by atoms with Gasteiger partial charge in [0, 0.05) is 29.9 Å². The van der Waals surface area contributed by atoms with Gasteiger partial charge in [-0.05, 0) is 67.3 Å². The topological polar surface area (TPSA) is 46.1 Å². The average molecular weight is 392 g/mol. The Labute approximate surface area is 170 Å². The fourth-order valence-electron chi connectivity index (χ4n) is 4.32. The lowest BCUT2D eigenvalue weighted by Gasteiger charge is -2.42. The Morgan fingerprint density at radius 1 is 1.04 bits per heavy atom. The summed E-state index contributed by atoms with van der Waals surface area (Å²) in [4.78, 5) is 23.5. The summed E-state index contributed by atoms with van der Waals surface area (Å²) >= 11 is 1.59. The molecule has 0 amide bonds. The molecule has 4 nitrogen and oxygen atoms in total. The maximum atomic E-state index is 11.5. The van der Waals surface area contributed by atoms with Crippen LogP contribution in [0, 0.1) is 13.8 Å². The van der Waals surface area contributed by atoms with Gasteiger partial charge in [-0.3, -0.25) is 19.7 Å². The van der Waals surface area contributed by atoms with Crippen molar-refractivity contribution in [2.24, 2.45) is 0 Å². The average Bonchev–Trinajstić information content (AvgIpc) is 3.16. The van der Waals surface area contributed by atoms with Gasteiger partial charge >= 0.3 is 0 Å². The maximum Gasteiger partial charge on any atom is 0.151 e. The Kier molecular flexibility index (Phi) is 5.64. The molecule has 1 fully saturated rings. The van der Waals surface area contributed by atoms with Crippen LogP contribution in [0.3, 0.4) is 0 Å². The van der Waals surface area contributed by atoms with E-state index in [0.29, 0.717) is 0 Å². The van der Waals surface area contributed by atoms with Crippen molar-refractivity contribution >= 4 is 17.6 Å². The number of carbonyl (C=O) groups is 1. The zero-order chi connectivity index (χ0) is 19.5. The summed E-state index contributed by atoms with van der Waals surface area (Å²) < 4.78 is 0. The highest BCUT2D eigenvalue weighted by atomic mass is 32.1. The number of carbonyl (C=O) groups excluding carboxylic acids is 1. The fraction of sp³-hybridized carbons (Fsp3) is 0.348. The summed E-state index contributed by atoms with van der Waals surface area (Å²) in [5, 5.41) is 4.04. The third-order valence-electron chi connectivity index (χ3n) is 5.74. The number of rotatable bonds is 5. The Morgan fingerprint density at radius 2 is 1.64 bits per heavy atom. The standard InChI is InChI=1S/C23H25N3OS/c1-16-6-4-10-24-22(16)20-8-3-9-21(23-17(2)7-5-11-25-23)26(20)12-18-14-28-15-19(18)13-27/h4-7,10-11,13-15,20-21H,3,8-9,12H2,1-2H3/t20-,21+. The van der Waals surface area contributed by atoms with Gasteiger partial charge in [-0.1, -0.05) is 12.1 Å². The first-order chi connectivity index (χ1) is 13.7. The SMILES string of the molecule is Cc1cccnc1[C@H]1CCC[C@@H](c2ncccc2C)N1Cc1cscc1C=O. The molecule has 0 spiro atoms. The quantitative estimate of drug-likeness (QED) is 0.544. The van der Waals surface area contributed by atoms with Crippen LogP contribution >= 0.6 is 11.3 Å². The first-order valence-corrected chi connectivity index (χ1v) is 10.7. The Bertz CT molecular complexity index is 914. The van der Waals surface area contributed by atoms with E-state index in [9.17, 15) is 4.79 Å². The molecule has 144 valence electrons. The third kappa shape index (κ3) is 3.64. The van der Waals surface area contributed by atoms with Crippen molar-refractivity contribution in [1.82, 2.24) is 14.9 Å². The van der Waals surface area contributed by atoms with Gasteiger partial charge in [0.25, 0.3) is 0 Å². The van der Waals surface area contributed by atoms with Crippen molar-refractivity contribution in [1.29, 1.82) is 0 Å². The van der Waals surface area contributed by atoms with E-state index in [1.165, 1.54) is 11.1 Å². The number of aryl methyl sites for hydroxylation is 2. The van der Waals surface area contributed by atoms with Crippen molar-refractivity contribution in [3.05, 3.63) is 81.1 Å². The number of nitrogens with zero attached hydrogens (tertiary/aromatic N) is 3. The van der Waals surface area contributed by atoms with Gasteiger partial charge in [-0.25, -0.2) is 0 Å². The van der Waals surface area contributed by atoms with Gasteiger partial charge in [0.15, 0.2) is 6.29 Å². The van der Waals surface area contributed by atoms with Crippen molar-refractivity contribution in [2.75, 3.05) is 0 Å². The molecule has 3 aromatic rings. The molecule has 5 heteroatoms. The molecule has 1 saturated heterocycles. The molecule has 0 bridgehead atoms. The highest BCUT2D eigenvalue weighted by molar-refractivity contribution is 7.08. The molecule has 0 aliphatic carbocycles. The number of aromatic nitrogens is 2. The minimum Gasteiger partial charge on any atom is -0.298 e. The van der Waals surface area contributed by atoms with Crippen LogP contribution < -0.4 is 0 Å². The van der Waals surface area contributed by atoms with Crippen LogP contribution in [0.25, 0.3) is 0 Å². The lowest BCUT2D eigenvalue weighted by molar-refractivity contribution is 0.0677. The lowest BCUT2D eigenvalue weighted by atomic mass is 9.88. The first kappa shape index (κ1) is 19.0. The van der Waals surface area contributed by atoms with Gasteiger partial charge in [0.2, 0.25) is 0 Å². The van der Waals surface area contributed by atoms with Gasteiger partial charge < -0.3 is 0 Å². The summed E-state index contributed by atoms with van der Waals surface area (Å²) in [6, 6.07) is 8.71. The summed E-state index contributed by atoms with van der Waals surface area (Å²) in [5.74, 6) is 0. The van der Waals surface area contributed by atoms with Gasteiger partial charge in [0.05, 0.1) is 23.5 Å². The van der Waals surface area contributed by atoms with E-state index < -0.39 is 0 Å². The molecule has 3 aromatic heterocycles. The fourth-order valence-corrected chi connectivity index (χ4v) is 5.11. The largest absolute Gasteiger partial charge is 0.298 e. The van der Waals surface area contributed by atoms with E-state index in [0.717, 1.165) is 54.6 Å². The number of hydrogen-bond donors (Lipinski definition) is 0. The summed E-state index contributed by atoms with van der Waals surface area (Å²) in [6.07, 6.45) is 8.02. The van der Waals surface area contributed by atoms with E-state index in [4.69, 9.17) is 9.97 Å². The molecule has 2 atom stereocenters. The molecular formula is C23H25N3OS. The number of pyridine rings is 2. The molecular weight excluding hydrogens is 366 g/mol. The predicted octanol–water partition coefficient (Wildman–Crippen LogP) is 5.44. The minimum atomic E-state index is 0.223. The zero-order valence-corrected chi connectivity index (χ0v) is 17.2. The van der Waals surface area contributed by atoms with Crippen LogP contribution in [0.4, 0.5) is 0 Å². The second-order valence-electron chi connectivity index (χ2n) is 7.52. The van der Waals surface area contributed by atoms with Crippen LogP contribution in [0.1, 0.15) is 69.8 Å². The van der Waals surface area contributed by atoms with Crippen LogP contribution in [-0.2, 0) is 6.54 Å². The van der Waals surface area contributed by atoms with E-state index in [2.05, 4.69) is 36.3 Å². The van der Waals surface area contributed by atoms with E-state index in [1.807, 2.05) is 29.9 Å². The van der Waals surface area contributed by atoms with E-state index in [1.54, 1.807) is 11.3 Å². The molecule has 0 aromatic carbocycles. The number of aldehydes is 1. The zero-order valence-electron chi connectivity index (χ0n) is 16.3. The molecule has 28 heavy (non-hydrogen) atoms. The molecule has 0 radical (unpaired) electrons. The number of hydrogen-bond acceptors (Lipinski definition) is 5. The van der Waals surface area contributed by atoms with Crippen LogP contribution in [0.15, 0.2) is 47.4 Å². The highest BCUT2D eigenvalue weighted by Gasteiger charge is 2.35. The predicted molar refractivity (Wildman–Crippen MR) is 113 cm³/mol. The normalized spacial score (nSPS) is 20.2. The van der Waals surface area contributed by atoms with Crippen molar-refractivity contribution in [3.63, 3.8) is 0 Å². The van der Waals surface area contributed by atoms with E-state index in [-0.39, 0.29) is 12.1 Å². The van der Waals surface area contributed by atoms with Crippen molar-refractivity contribution in [3.8, 4) is 0 Å². The minimum absolute atomic E-state index is 0.223. The molecule has 1 aliphatic heterocycles. The monoisotopic (exact) mass is 391 g/mol. The second kappa shape index (κ2) is 8.33. The number of piperidine rings is 1. The Hall–Kier alpha value is -2.37. The molecule has 4 rings (SSSR count). The van der Waals surface area contributed by atoms with Crippen molar-refractivity contribution in [2.45, 2.75) is 51.7 Å². The molecule has 0 N–H and O–H groups in total. The van der Waals surface area contributed by atoms with E-state index >= 15 is 0 Å². The third-order valence-corrected chi connectivity index (χ3v) is 6.55. The number of likely N-dealkylation sites (tertiary alicyclic amines) is 1.